The molecular formula is C18H20F2N2O2. The fourth-order valence-electron chi connectivity index (χ4n) is 2.15. The predicted molar refractivity (Wildman–Crippen MR) is 87.3 cm³/mol. The molecule has 4 nitrogen and oxygen atoms in total. The zero-order chi connectivity index (χ0) is 17.7. The molecule has 128 valence electrons. The Balaban J connectivity index is 1.85. The monoisotopic (exact) mass is 334 g/mol. The van der Waals surface area contributed by atoms with Crippen molar-refractivity contribution in [2.24, 2.45) is 0 Å². The van der Waals surface area contributed by atoms with Crippen LogP contribution >= 0.6 is 0 Å². The van der Waals surface area contributed by atoms with E-state index in [1.807, 2.05) is 0 Å². The topological polar surface area (TPSA) is 61.4 Å². The molecule has 0 aliphatic carbocycles. The molecule has 0 aliphatic rings. The van der Waals surface area contributed by atoms with E-state index in [1.54, 1.807) is 19.1 Å². The van der Waals surface area contributed by atoms with Crippen LogP contribution in [-0.2, 0) is 12.1 Å². The highest BCUT2D eigenvalue weighted by Gasteiger charge is 2.23. The lowest BCUT2D eigenvalue weighted by molar-refractivity contribution is 0.0593. The van der Waals surface area contributed by atoms with Crippen LogP contribution < -0.4 is 10.6 Å². The van der Waals surface area contributed by atoms with E-state index in [-0.39, 0.29) is 18.9 Å². The van der Waals surface area contributed by atoms with Crippen LogP contribution in [0.1, 0.15) is 23.6 Å². The second kappa shape index (κ2) is 7.40. The summed E-state index contributed by atoms with van der Waals surface area (Å²) in [6.45, 7) is 3.31. The van der Waals surface area contributed by atoms with E-state index in [2.05, 4.69) is 10.6 Å². The van der Waals surface area contributed by atoms with Crippen LogP contribution in [0.5, 0.6) is 0 Å². The molecule has 0 fully saturated rings. The second-order valence-corrected chi connectivity index (χ2v) is 5.90. The Kier molecular flexibility index (Phi) is 5.51. The summed E-state index contributed by atoms with van der Waals surface area (Å²) < 4.78 is 26.4. The number of aryl methyl sites for hydroxylation is 1. The van der Waals surface area contributed by atoms with Crippen molar-refractivity contribution in [3.63, 3.8) is 0 Å². The minimum Gasteiger partial charge on any atom is -0.384 e. The first-order chi connectivity index (χ1) is 11.3. The Morgan fingerprint density at radius 3 is 2.42 bits per heavy atom. The number of hydrogen-bond donors (Lipinski definition) is 3. The first kappa shape index (κ1) is 17.9. The van der Waals surface area contributed by atoms with Gasteiger partial charge in [-0.1, -0.05) is 24.3 Å². The van der Waals surface area contributed by atoms with Gasteiger partial charge in [-0.2, -0.15) is 0 Å². The van der Waals surface area contributed by atoms with Gasteiger partial charge in [-0.25, -0.2) is 13.6 Å². The molecule has 24 heavy (non-hydrogen) atoms. The Hall–Kier alpha value is -2.47. The third-order valence-corrected chi connectivity index (χ3v) is 3.75. The summed E-state index contributed by atoms with van der Waals surface area (Å²) in [5.74, 6) is -0.723. The summed E-state index contributed by atoms with van der Waals surface area (Å²) in [7, 11) is 0. The number of aliphatic hydroxyl groups is 1. The maximum Gasteiger partial charge on any atom is 0.315 e. The number of benzene rings is 2. The maximum absolute atomic E-state index is 13.4. The highest BCUT2D eigenvalue weighted by molar-refractivity contribution is 5.73. The van der Waals surface area contributed by atoms with E-state index in [0.29, 0.717) is 16.7 Å². The number of urea groups is 1. The lowest BCUT2D eigenvalue weighted by Crippen LogP contribution is -2.43. The molecule has 1 atom stereocenters. The van der Waals surface area contributed by atoms with Gasteiger partial charge in [0.05, 0.1) is 6.54 Å². The van der Waals surface area contributed by atoms with Crippen LogP contribution in [0.15, 0.2) is 42.5 Å². The summed E-state index contributed by atoms with van der Waals surface area (Å²) in [6.07, 6.45) is 0. The lowest BCUT2D eigenvalue weighted by atomic mass is 9.96. The zero-order valence-electron chi connectivity index (χ0n) is 13.6. The quantitative estimate of drug-likeness (QED) is 0.787. The SMILES string of the molecule is Cc1ccc(CNC(=O)NCC(C)(O)c2ccc(F)cc2)cc1F. The van der Waals surface area contributed by atoms with Crippen LogP contribution in [0.2, 0.25) is 0 Å². The Labute approximate surface area is 139 Å². The minimum absolute atomic E-state index is 0.0489. The van der Waals surface area contributed by atoms with Crippen molar-refractivity contribution < 1.29 is 18.7 Å². The molecule has 0 saturated carbocycles. The number of nitrogens with one attached hydrogen (secondary N) is 2. The third-order valence-electron chi connectivity index (χ3n) is 3.75. The van der Waals surface area contributed by atoms with Crippen molar-refractivity contribution in [1.82, 2.24) is 10.6 Å². The van der Waals surface area contributed by atoms with Gasteiger partial charge in [0.15, 0.2) is 0 Å². The van der Waals surface area contributed by atoms with E-state index in [1.165, 1.54) is 37.3 Å². The van der Waals surface area contributed by atoms with Crippen LogP contribution in [-0.4, -0.2) is 17.7 Å². The largest absolute Gasteiger partial charge is 0.384 e. The first-order valence-electron chi connectivity index (χ1n) is 7.53. The fraction of sp³-hybridized carbons (Fsp3) is 0.278. The van der Waals surface area contributed by atoms with Crippen LogP contribution in [0.4, 0.5) is 13.6 Å². The van der Waals surface area contributed by atoms with Gasteiger partial charge in [0, 0.05) is 6.54 Å². The van der Waals surface area contributed by atoms with Gasteiger partial charge in [-0.15, -0.1) is 0 Å². The number of halogens is 2. The molecule has 0 bridgehead atoms. The Bertz CT molecular complexity index is 715. The standard InChI is InChI=1S/C18H20F2N2O2/c1-12-3-4-13(9-16(12)20)10-21-17(23)22-11-18(2,24)14-5-7-15(19)8-6-14/h3-9,24H,10-11H2,1-2H3,(H2,21,22,23). The number of amides is 2. The van der Waals surface area contributed by atoms with Crippen molar-refractivity contribution in [2.75, 3.05) is 6.54 Å². The maximum atomic E-state index is 13.4. The molecule has 1 unspecified atom stereocenters. The third kappa shape index (κ3) is 4.76. The van der Waals surface area contributed by atoms with Crippen molar-refractivity contribution in [3.05, 3.63) is 70.8 Å². The zero-order valence-corrected chi connectivity index (χ0v) is 13.6. The van der Waals surface area contributed by atoms with Crippen molar-refractivity contribution in [2.45, 2.75) is 26.0 Å². The molecule has 0 heterocycles. The molecule has 0 spiro atoms. The summed E-state index contributed by atoms with van der Waals surface area (Å²) in [4.78, 5) is 11.8. The summed E-state index contributed by atoms with van der Waals surface area (Å²) in [5.41, 5.74) is 0.336. The van der Waals surface area contributed by atoms with Crippen LogP contribution in [0.25, 0.3) is 0 Å². The van der Waals surface area contributed by atoms with E-state index in [4.69, 9.17) is 0 Å². The molecule has 0 radical (unpaired) electrons. The molecule has 0 aromatic heterocycles. The first-order valence-corrected chi connectivity index (χ1v) is 7.53. The van der Waals surface area contributed by atoms with Crippen molar-refractivity contribution in [1.29, 1.82) is 0 Å². The normalized spacial score (nSPS) is 13.2. The number of carbonyl (C=O) groups excluding carboxylic acids is 1. The van der Waals surface area contributed by atoms with Crippen molar-refractivity contribution in [3.8, 4) is 0 Å². The van der Waals surface area contributed by atoms with Crippen LogP contribution in [0.3, 0.4) is 0 Å². The van der Waals surface area contributed by atoms with E-state index >= 15 is 0 Å². The van der Waals surface area contributed by atoms with E-state index in [0.717, 1.165) is 0 Å². The Morgan fingerprint density at radius 2 is 1.79 bits per heavy atom. The number of rotatable bonds is 5. The summed E-state index contributed by atoms with van der Waals surface area (Å²) >= 11 is 0. The summed E-state index contributed by atoms with van der Waals surface area (Å²) in [5, 5.41) is 15.5. The molecule has 3 N–H and O–H groups in total. The smallest absolute Gasteiger partial charge is 0.315 e. The van der Waals surface area contributed by atoms with Gasteiger partial charge in [0.1, 0.15) is 17.2 Å². The van der Waals surface area contributed by atoms with Crippen LogP contribution in [0, 0.1) is 18.6 Å². The highest BCUT2D eigenvalue weighted by Crippen LogP contribution is 2.19. The van der Waals surface area contributed by atoms with Gasteiger partial charge >= 0.3 is 6.03 Å². The number of hydrogen-bond acceptors (Lipinski definition) is 2. The van der Waals surface area contributed by atoms with Gasteiger partial charge in [0.25, 0.3) is 0 Å². The highest BCUT2D eigenvalue weighted by atomic mass is 19.1. The average Bonchev–Trinajstić information content (AvgIpc) is 2.54. The van der Waals surface area contributed by atoms with Gasteiger partial charge < -0.3 is 15.7 Å². The van der Waals surface area contributed by atoms with E-state index in [9.17, 15) is 18.7 Å². The number of carbonyl (C=O) groups is 1. The molecule has 2 rings (SSSR count). The average molecular weight is 334 g/mol. The van der Waals surface area contributed by atoms with Gasteiger partial charge in [-0.3, -0.25) is 0 Å². The van der Waals surface area contributed by atoms with Gasteiger partial charge in [0.2, 0.25) is 0 Å². The molecule has 2 aromatic carbocycles. The van der Waals surface area contributed by atoms with Crippen molar-refractivity contribution >= 4 is 6.03 Å². The van der Waals surface area contributed by atoms with E-state index < -0.39 is 17.4 Å². The Morgan fingerprint density at radius 1 is 1.12 bits per heavy atom. The molecule has 2 aromatic rings. The molecule has 0 aliphatic heterocycles. The second-order valence-electron chi connectivity index (χ2n) is 5.90. The summed E-state index contributed by atoms with van der Waals surface area (Å²) in [6, 6.07) is 9.67. The predicted octanol–water partition coefficient (Wildman–Crippen LogP) is 2.98. The lowest BCUT2D eigenvalue weighted by Gasteiger charge is -2.24. The molecule has 0 saturated heterocycles. The molecular weight excluding hydrogens is 314 g/mol. The fourth-order valence-corrected chi connectivity index (χ4v) is 2.15. The molecule has 2 amide bonds. The van der Waals surface area contributed by atoms with Gasteiger partial charge in [-0.05, 0) is 48.7 Å². The molecule has 6 heteroatoms. The minimum atomic E-state index is -1.33.